The van der Waals surface area contributed by atoms with Gasteiger partial charge in [-0.25, -0.2) is 4.98 Å². The summed E-state index contributed by atoms with van der Waals surface area (Å²) < 4.78 is 10.5. The molecule has 1 saturated heterocycles. The van der Waals surface area contributed by atoms with Crippen molar-refractivity contribution in [2.45, 2.75) is 13.0 Å². The maximum Gasteiger partial charge on any atom is 0.273 e. The Morgan fingerprint density at radius 2 is 2.18 bits per heavy atom. The zero-order valence-corrected chi connectivity index (χ0v) is 13.4. The van der Waals surface area contributed by atoms with Crippen LogP contribution in [0, 0.1) is 0 Å². The van der Waals surface area contributed by atoms with Gasteiger partial charge in [0.25, 0.3) is 5.91 Å². The molecule has 1 amide bonds. The number of hydrogen-bond acceptors (Lipinski definition) is 5. The van der Waals surface area contributed by atoms with Crippen LogP contribution in [-0.2, 0) is 4.74 Å². The number of aromatic nitrogens is 1. The van der Waals surface area contributed by atoms with Gasteiger partial charge in [0.05, 0.1) is 26.4 Å². The molecule has 0 bridgehead atoms. The third-order valence-corrected chi connectivity index (χ3v) is 4.58. The second-order valence-electron chi connectivity index (χ2n) is 5.19. The van der Waals surface area contributed by atoms with Crippen molar-refractivity contribution in [1.82, 2.24) is 9.88 Å². The van der Waals surface area contributed by atoms with Crippen LogP contribution in [0.2, 0.25) is 0 Å². The number of benzene rings is 1. The van der Waals surface area contributed by atoms with Crippen LogP contribution in [0.15, 0.2) is 29.6 Å². The van der Waals surface area contributed by atoms with Gasteiger partial charge in [-0.2, -0.15) is 0 Å². The van der Waals surface area contributed by atoms with Crippen LogP contribution in [-0.4, -0.2) is 48.7 Å². The lowest BCUT2D eigenvalue weighted by Gasteiger charge is -2.32. The molecule has 22 heavy (non-hydrogen) atoms. The van der Waals surface area contributed by atoms with Crippen molar-refractivity contribution in [2.75, 3.05) is 26.9 Å². The number of morpholine rings is 1. The van der Waals surface area contributed by atoms with Gasteiger partial charge in [0.15, 0.2) is 0 Å². The van der Waals surface area contributed by atoms with Crippen molar-refractivity contribution in [3.63, 3.8) is 0 Å². The molecule has 3 rings (SSSR count). The van der Waals surface area contributed by atoms with Gasteiger partial charge in [-0.15, -0.1) is 11.3 Å². The zero-order chi connectivity index (χ0) is 15.5. The lowest BCUT2D eigenvalue weighted by atomic mass is 10.2. The van der Waals surface area contributed by atoms with E-state index >= 15 is 0 Å². The van der Waals surface area contributed by atoms with Crippen molar-refractivity contribution < 1.29 is 14.3 Å². The third kappa shape index (κ3) is 2.98. The molecule has 1 atom stereocenters. The van der Waals surface area contributed by atoms with Gasteiger partial charge >= 0.3 is 0 Å². The number of methoxy groups -OCH3 is 1. The van der Waals surface area contributed by atoms with Crippen LogP contribution in [0.4, 0.5) is 0 Å². The smallest absolute Gasteiger partial charge is 0.273 e. The highest BCUT2D eigenvalue weighted by Crippen LogP contribution is 2.26. The lowest BCUT2D eigenvalue weighted by molar-refractivity contribution is 0.00332. The summed E-state index contributed by atoms with van der Waals surface area (Å²) in [6.07, 6.45) is 0. The first-order chi connectivity index (χ1) is 10.7. The summed E-state index contributed by atoms with van der Waals surface area (Å²) in [6, 6.07) is 7.77. The number of thiazole rings is 1. The molecule has 116 valence electrons. The SMILES string of the molecule is COc1ccc(-c2nc(C(=O)N3CCOC[C@@H]3C)cs2)cc1. The Hall–Kier alpha value is -1.92. The standard InChI is InChI=1S/C16H18N2O3S/c1-11-9-21-8-7-18(11)16(19)14-10-22-15(17-14)12-3-5-13(20-2)6-4-12/h3-6,10-11H,7-9H2,1-2H3/t11-/m0/s1. The molecule has 2 heterocycles. The summed E-state index contributed by atoms with van der Waals surface area (Å²) in [4.78, 5) is 18.9. The van der Waals surface area contributed by atoms with E-state index in [1.807, 2.05) is 41.5 Å². The lowest BCUT2D eigenvalue weighted by Crippen LogP contribution is -2.47. The fraction of sp³-hybridized carbons (Fsp3) is 0.375. The molecule has 0 N–H and O–H groups in total. The molecule has 1 aliphatic heterocycles. The number of hydrogen-bond donors (Lipinski definition) is 0. The average molecular weight is 318 g/mol. The van der Waals surface area contributed by atoms with E-state index in [-0.39, 0.29) is 11.9 Å². The van der Waals surface area contributed by atoms with Gasteiger partial charge in [0.1, 0.15) is 16.5 Å². The summed E-state index contributed by atoms with van der Waals surface area (Å²) >= 11 is 1.48. The fourth-order valence-electron chi connectivity index (χ4n) is 2.41. The summed E-state index contributed by atoms with van der Waals surface area (Å²) in [5, 5.41) is 2.66. The van der Waals surface area contributed by atoms with E-state index in [4.69, 9.17) is 9.47 Å². The molecule has 1 aromatic heterocycles. The number of amides is 1. The molecule has 0 radical (unpaired) electrons. The Morgan fingerprint density at radius 3 is 2.86 bits per heavy atom. The van der Waals surface area contributed by atoms with Crippen molar-refractivity contribution in [2.24, 2.45) is 0 Å². The predicted molar refractivity (Wildman–Crippen MR) is 85.4 cm³/mol. The third-order valence-electron chi connectivity index (χ3n) is 3.69. The predicted octanol–water partition coefficient (Wildman–Crippen LogP) is 2.68. The quantitative estimate of drug-likeness (QED) is 0.873. The van der Waals surface area contributed by atoms with Gasteiger partial charge in [-0.3, -0.25) is 4.79 Å². The normalized spacial score (nSPS) is 18.3. The molecule has 5 nitrogen and oxygen atoms in total. The van der Waals surface area contributed by atoms with E-state index in [9.17, 15) is 4.79 Å². The minimum Gasteiger partial charge on any atom is -0.497 e. The molecule has 0 spiro atoms. The monoisotopic (exact) mass is 318 g/mol. The largest absolute Gasteiger partial charge is 0.497 e. The number of carbonyl (C=O) groups is 1. The maximum atomic E-state index is 12.5. The van der Waals surface area contributed by atoms with Crippen LogP contribution in [0.5, 0.6) is 5.75 Å². The Morgan fingerprint density at radius 1 is 1.41 bits per heavy atom. The highest BCUT2D eigenvalue weighted by Gasteiger charge is 2.26. The second kappa shape index (κ2) is 6.46. The van der Waals surface area contributed by atoms with Crippen LogP contribution in [0.3, 0.4) is 0 Å². The van der Waals surface area contributed by atoms with Crippen molar-refractivity contribution in [3.05, 3.63) is 35.3 Å². The Bertz CT molecular complexity index is 654. The highest BCUT2D eigenvalue weighted by atomic mass is 32.1. The van der Waals surface area contributed by atoms with Crippen LogP contribution >= 0.6 is 11.3 Å². The van der Waals surface area contributed by atoms with Crippen LogP contribution < -0.4 is 4.74 Å². The Kier molecular flexibility index (Phi) is 4.40. The van der Waals surface area contributed by atoms with Crippen LogP contribution in [0.25, 0.3) is 10.6 Å². The van der Waals surface area contributed by atoms with Gasteiger partial charge in [0.2, 0.25) is 0 Å². The Labute approximate surface area is 133 Å². The van der Waals surface area contributed by atoms with Crippen molar-refractivity contribution >= 4 is 17.2 Å². The number of ether oxygens (including phenoxy) is 2. The van der Waals surface area contributed by atoms with Crippen molar-refractivity contribution in [1.29, 1.82) is 0 Å². The van der Waals surface area contributed by atoms with Gasteiger partial charge in [-0.05, 0) is 31.2 Å². The number of rotatable bonds is 3. The summed E-state index contributed by atoms with van der Waals surface area (Å²) in [7, 11) is 1.64. The van der Waals surface area contributed by atoms with E-state index in [0.717, 1.165) is 16.3 Å². The molecule has 1 fully saturated rings. The number of carbonyl (C=O) groups excluding carboxylic acids is 1. The van der Waals surface area contributed by atoms with E-state index in [1.165, 1.54) is 11.3 Å². The van der Waals surface area contributed by atoms with Crippen LogP contribution in [0.1, 0.15) is 17.4 Å². The highest BCUT2D eigenvalue weighted by molar-refractivity contribution is 7.13. The molecule has 2 aromatic rings. The Balaban J connectivity index is 1.79. The molecule has 0 saturated carbocycles. The van der Waals surface area contributed by atoms with E-state index in [1.54, 1.807) is 7.11 Å². The minimum atomic E-state index is -0.0215. The fourth-order valence-corrected chi connectivity index (χ4v) is 3.21. The first kappa shape index (κ1) is 15.0. The topological polar surface area (TPSA) is 51.7 Å². The summed E-state index contributed by atoms with van der Waals surface area (Å²) in [5.74, 6) is 0.783. The van der Waals surface area contributed by atoms with Gasteiger partial charge < -0.3 is 14.4 Å². The molecule has 0 unspecified atom stereocenters. The molecular formula is C16H18N2O3S. The summed E-state index contributed by atoms with van der Waals surface area (Å²) in [5.41, 5.74) is 1.49. The minimum absolute atomic E-state index is 0.0215. The molecule has 0 aliphatic carbocycles. The van der Waals surface area contributed by atoms with Gasteiger partial charge in [0, 0.05) is 17.5 Å². The van der Waals surface area contributed by atoms with E-state index in [2.05, 4.69) is 4.98 Å². The summed E-state index contributed by atoms with van der Waals surface area (Å²) in [6.45, 7) is 3.79. The van der Waals surface area contributed by atoms with E-state index < -0.39 is 0 Å². The maximum absolute atomic E-state index is 12.5. The zero-order valence-electron chi connectivity index (χ0n) is 12.6. The van der Waals surface area contributed by atoms with Gasteiger partial charge in [-0.1, -0.05) is 0 Å². The second-order valence-corrected chi connectivity index (χ2v) is 6.05. The molecule has 1 aromatic carbocycles. The first-order valence-electron chi connectivity index (χ1n) is 7.17. The number of nitrogens with zero attached hydrogens (tertiary/aromatic N) is 2. The molecule has 6 heteroatoms. The van der Waals surface area contributed by atoms with Crippen molar-refractivity contribution in [3.8, 4) is 16.3 Å². The molecule has 1 aliphatic rings. The van der Waals surface area contributed by atoms with E-state index in [0.29, 0.717) is 25.5 Å². The average Bonchev–Trinajstić information content (AvgIpc) is 3.05. The first-order valence-corrected chi connectivity index (χ1v) is 8.05. The molecular weight excluding hydrogens is 300 g/mol.